The van der Waals surface area contributed by atoms with E-state index in [-0.39, 0.29) is 0 Å². The second kappa shape index (κ2) is 3.84. The molecule has 0 saturated carbocycles. The normalized spacial score (nSPS) is 13.3. The van der Waals surface area contributed by atoms with Gasteiger partial charge in [0.05, 0.1) is 6.61 Å². The fourth-order valence-corrected chi connectivity index (χ4v) is 2.07. The molecule has 3 rings (SSSR count). The van der Waals surface area contributed by atoms with E-state index in [0.29, 0.717) is 17.7 Å². The van der Waals surface area contributed by atoms with Gasteiger partial charge in [-0.25, -0.2) is 8.78 Å². The zero-order valence-corrected chi connectivity index (χ0v) is 9.04. The van der Waals surface area contributed by atoms with Gasteiger partial charge in [0, 0.05) is 12.0 Å². The Labute approximate surface area is 97.7 Å². The largest absolute Gasteiger partial charge is 0.493 e. The Hall–Kier alpha value is -1.90. The van der Waals surface area contributed by atoms with Crippen molar-refractivity contribution in [2.24, 2.45) is 0 Å². The molecular formula is C14H10F2O. The van der Waals surface area contributed by atoms with E-state index in [9.17, 15) is 8.78 Å². The predicted octanol–water partition coefficient (Wildman–Crippen LogP) is 3.57. The van der Waals surface area contributed by atoms with E-state index < -0.39 is 11.6 Å². The van der Waals surface area contributed by atoms with Crippen LogP contribution in [0.3, 0.4) is 0 Å². The van der Waals surface area contributed by atoms with Crippen LogP contribution in [0.2, 0.25) is 0 Å². The van der Waals surface area contributed by atoms with Crippen molar-refractivity contribution in [3.05, 3.63) is 53.6 Å². The Morgan fingerprint density at radius 2 is 1.88 bits per heavy atom. The smallest absolute Gasteiger partial charge is 0.131 e. The molecule has 0 fully saturated rings. The highest BCUT2D eigenvalue weighted by molar-refractivity contribution is 5.66. The summed E-state index contributed by atoms with van der Waals surface area (Å²) < 4.78 is 32.1. The highest BCUT2D eigenvalue weighted by atomic mass is 19.1. The van der Waals surface area contributed by atoms with Crippen LogP contribution < -0.4 is 4.74 Å². The molecule has 17 heavy (non-hydrogen) atoms. The number of hydrogen-bond donors (Lipinski definition) is 0. The summed E-state index contributed by atoms with van der Waals surface area (Å²) in [5.74, 6) is -0.00558. The topological polar surface area (TPSA) is 9.23 Å². The SMILES string of the molecule is Fc1ccc(F)c(-c2ccc3c(c2)CCO3)c1. The van der Waals surface area contributed by atoms with Crippen molar-refractivity contribution >= 4 is 0 Å². The van der Waals surface area contributed by atoms with Gasteiger partial charge in [-0.1, -0.05) is 6.07 Å². The van der Waals surface area contributed by atoms with Crippen molar-refractivity contribution in [2.75, 3.05) is 6.61 Å². The lowest BCUT2D eigenvalue weighted by Gasteiger charge is -2.06. The van der Waals surface area contributed by atoms with E-state index in [4.69, 9.17) is 4.74 Å². The molecule has 0 N–H and O–H groups in total. The molecule has 1 nitrogen and oxygen atoms in total. The minimum Gasteiger partial charge on any atom is -0.493 e. The number of fused-ring (bicyclic) bond motifs is 1. The van der Waals surface area contributed by atoms with E-state index in [0.717, 1.165) is 29.9 Å². The van der Waals surface area contributed by atoms with Gasteiger partial charge >= 0.3 is 0 Å². The Morgan fingerprint density at radius 3 is 2.76 bits per heavy atom. The third-order valence-corrected chi connectivity index (χ3v) is 2.93. The van der Waals surface area contributed by atoms with Crippen molar-refractivity contribution in [3.63, 3.8) is 0 Å². The molecule has 1 aliphatic heterocycles. The van der Waals surface area contributed by atoms with Gasteiger partial charge in [-0.2, -0.15) is 0 Å². The molecule has 0 bridgehead atoms. The maximum atomic E-state index is 13.6. The van der Waals surface area contributed by atoms with E-state index >= 15 is 0 Å². The van der Waals surface area contributed by atoms with Gasteiger partial charge in [0.1, 0.15) is 17.4 Å². The molecule has 2 aromatic carbocycles. The molecule has 0 atom stereocenters. The summed E-state index contributed by atoms with van der Waals surface area (Å²) in [7, 11) is 0. The first-order chi connectivity index (χ1) is 8.24. The van der Waals surface area contributed by atoms with Crippen LogP contribution in [0, 0.1) is 11.6 Å². The second-order valence-corrected chi connectivity index (χ2v) is 4.05. The van der Waals surface area contributed by atoms with Crippen LogP contribution in [0.4, 0.5) is 8.78 Å². The fourth-order valence-electron chi connectivity index (χ4n) is 2.07. The number of ether oxygens (including phenoxy) is 1. The van der Waals surface area contributed by atoms with Crippen molar-refractivity contribution in [1.82, 2.24) is 0 Å². The summed E-state index contributed by atoms with van der Waals surface area (Å²) in [5, 5.41) is 0. The van der Waals surface area contributed by atoms with Crippen LogP contribution >= 0.6 is 0 Å². The maximum absolute atomic E-state index is 13.6. The summed E-state index contributed by atoms with van der Waals surface area (Å²) in [6, 6.07) is 8.90. The lowest BCUT2D eigenvalue weighted by atomic mass is 10.0. The molecule has 0 saturated heterocycles. The summed E-state index contributed by atoms with van der Waals surface area (Å²) in [6.07, 6.45) is 0.820. The highest BCUT2D eigenvalue weighted by Crippen LogP contribution is 2.31. The lowest BCUT2D eigenvalue weighted by Crippen LogP contribution is -1.87. The minimum absolute atomic E-state index is 0.291. The van der Waals surface area contributed by atoms with Gasteiger partial charge in [0.25, 0.3) is 0 Å². The zero-order chi connectivity index (χ0) is 11.8. The van der Waals surface area contributed by atoms with Gasteiger partial charge in [-0.15, -0.1) is 0 Å². The minimum atomic E-state index is -0.432. The standard InChI is InChI=1S/C14H10F2O/c15-11-2-3-13(16)12(8-11)9-1-4-14-10(7-9)5-6-17-14/h1-4,7-8H,5-6H2. The molecule has 0 radical (unpaired) electrons. The molecule has 0 amide bonds. The van der Waals surface area contributed by atoms with Crippen LogP contribution in [0.15, 0.2) is 36.4 Å². The van der Waals surface area contributed by atoms with Gasteiger partial charge in [0.2, 0.25) is 0 Å². The highest BCUT2D eigenvalue weighted by Gasteiger charge is 2.14. The lowest BCUT2D eigenvalue weighted by molar-refractivity contribution is 0.357. The summed E-state index contributed by atoms with van der Waals surface area (Å²) >= 11 is 0. The summed E-state index contributed by atoms with van der Waals surface area (Å²) in [5.41, 5.74) is 2.03. The molecule has 1 heterocycles. The Kier molecular flexibility index (Phi) is 2.32. The van der Waals surface area contributed by atoms with E-state index in [2.05, 4.69) is 0 Å². The van der Waals surface area contributed by atoms with Crippen molar-refractivity contribution in [1.29, 1.82) is 0 Å². The monoisotopic (exact) mass is 232 g/mol. The first-order valence-electron chi connectivity index (χ1n) is 5.45. The molecule has 86 valence electrons. The van der Waals surface area contributed by atoms with Gasteiger partial charge in [-0.3, -0.25) is 0 Å². The number of halogens is 2. The molecule has 3 heteroatoms. The van der Waals surface area contributed by atoms with Crippen LogP contribution in [-0.4, -0.2) is 6.61 Å². The molecular weight excluding hydrogens is 222 g/mol. The van der Waals surface area contributed by atoms with E-state index in [1.165, 1.54) is 6.07 Å². The average molecular weight is 232 g/mol. The van der Waals surface area contributed by atoms with Crippen LogP contribution in [0.25, 0.3) is 11.1 Å². The Bertz CT molecular complexity index is 578. The molecule has 0 unspecified atom stereocenters. The van der Waals surface area contributed by atoms with Gasteiger partial charge in [-0.05, 0) is 41.5 Å². The van der Waals surface area contributed by atoms with Crippen LogP contribution in [-0.2, 0) is 6.42 Å². The number of hydrogen-bond acceptors (Lipinski definition) is 1. The fraction of sp³-hybridized carbons (Fsp3) is 0.143. The van der Waals surface area contributed by atoms with E-state index in [1.54, 1.807) is 6.07 Å². The zero-order valence-electron chi connectivity index (χ0n) is 9.04. The third kappa shape index (κ3) is 1.78. The second-order valence-electron chi connectivity index (χ2n) is 4.05. The molecule has 2 aromatic rings. The quantitative estimate of drug-likeness (QED) is 0.730. The van der Waals surface area contributed by atoms with Crippen LogP contribution in [0.5, 0.6) is 5.75 Å². The summed E-state index contributed by atoms with van der Waals surface area (Å²) in [6.45, 7) is 0.657. The molecule has 0 aromatic heterocycles. The Morgan fingerprint density at radius 1 is 1.00 bits per heavy atom. The van der Waals surface area contributed by atoms with Crippen molar-refractivity contribution in [2.45, 2.75) is 6.42 Å². The van der Waals surface area contributed by atoms with Gasteiger partial charge in [0.15, 0.2) is 0 Å². The third-order valence-electron chi connectivity index (χ3n) is 2.93. The van der Waals surface area contributed by atoms with Crippen molar-refractivity contribution in [3.8, 4) is 16.9 Å². The van der Waals surface area contributed by atoms with Crippen molar-refractivity contribution < 1.29 is 13.5 Å². The predicted molar refractivity (Wildman–Crippen MR) is 61.0 cm³/mol. The molecule has 0 aliphatic carbocycles. The summed E-state index contributed by atoms with van der Waals surface area (Å²) in [4.78, 5) is 0. The van der Waals surface area contributed by atoms with Gasteiger partial charge < -0.3 is 4.74 Å². The molecule has 0 spiro atoms. The van der Waals surface area contributed by atoms with E-state index in [1.807, 2.05) is 12.1 Å². The average Bonchev–Trinajstić information content (AvgIpc) is 2.79. The van der Waals surface area contributed by atoms with Crippen LogP contribution in [0.1, 0.15) is 5.56 Å². The number of benzene rings is 2. The first kappa shape index (κ1) is 10.3. The Balaban J connectivity index is 2.12. The number of rotatable bonds is 1. The molecule has 1 aliphatic rings. The first-order valence-corrected chi connectivity index (χ1v) is 5.45. The maximum Gasteiger partial charge on any atom is 0.131 e.